The first-order valence-electron chi connectivity index (χ1n) is 10.4. The van der Waals surface area contributed by atoms with Gasteiger partial charge in [0.05, 0.1) is 6.04 Å². The van der Waals surface area contributed by atoms with Crippen molar-refractivity contribution in [3.05, 3.63) is 89.7 Å². The average Bonchev–Trinajstić information content (AvgIpc) is 3.28. The Labute approximate surface area is 184 Å². The SMILES string of the molecule is Cl.O=C(c1ccn(C2CCCNC2)n1)N(CCc1ccccc1)Cc1ccccc1. The molecule has 1 fully saturated rings. The number of aromatic nitrogens is 2. The second-order valence-electron chi connectivity index (χ2n) is 7.63. The molecule has 0 aliphatic carbocycles. The predicted molar refractivity (Wildman–Crippen MR) is 122 cm³/mol. The molecule has 5 nitrogen and oxygen atoms in total. The van der Waals surface area contributed by atoms with Crippen LogP contribution < -0.4 is 5.32 Å². The van der Waals surface area contributed by atoms with Crippen molar-refractivity contribution >= 4 is 18.3 Å². The number of amides is 1. The minimum atomic E-state index is -0.00713. The van der Waals surface area contributed by atoms with Gasteiger partial charge in [-0.05, 0) is 43.0 Å². The standard InChI is InChI=1S/C24H28N4O.ClH/c29-24(23-14-17-28(26-23)22-12-7-15-25-18-22)27(19-21-10-5-2-6-11-21)16-13-20-8-3-1-4-9-20;/h1-6,8-11,14,17,22,25H,7,12-13,15-16,18-19H2;1H. The van der Waals surface area contributed by atoms with Gasteiger partial charge in [0, 0.05) is 25.8 Å². The predicted octanol–water partition coefficient (Wildman–Crippen LogP) is 4.11. The molecule has 1 atom stereocenters. The van der Waals surface area contributed by atoms with Crippen molar-refractivity contribution in [2.24, 2.45) is 0 Å². The van der Waals surface area contributed by atoms with Gasteiger partial charge in [-0.15, -0.1) is 12.4 Å². The molecule has 1 aromatic heterocycles. The van der Waals surface area contributed by atoms with Gasteiger partial charge in [-0.3, -0.25) is 9.48 Å². The Bertz CT molecular complexity index is 907. The van der Waals surface area contributed by atoms with Crippen molar-refractivity contribution in [2.75, 3.05) is 19.6 Å². The highest BCUT2D eigenvalue weighted by Crippen LogP contribution is 2.17. The number of hydrogen-bond acceptors (Lipinski definition) is 3. The topological polar surface area (TPSA) is 50.2 Å². The Morgan fingerprint density at radius 2 is 1.73 bits per heavy atom. The molecule has 1 aliphatic heterocycles. The first-order valence-corrected chi connectivity index (χ1v) is 10.4. The van der Waals surface area contributed by atoms with Crippen LogP contribution in [0.1, 0.15) is 40.5 Å². The van der Waals surface area contributed by atoms with E-state index >= 15 is 0 Å². The number of rotatable bonds is 7. The van der Waals surface area contributed by atoms with E-state index in [2.05, 4.69) is 34.7 Å². The molecule has 3 aromatic rings. The lowest BCUT2D eigenvalue weighted by atomic mass is 10.1. The Kier molecular flexibility index (Phi) is 8.05. The molecule has 1 unspecified atom stereocenters. The van der Waals surface area contributed by atoms with Crippen molar-refractivity contribution in [2.45, 2.75) is 31.8 Å². The van der Waals surface area contributed by atoms with Gasteiger partial charge in [-0.25, -0.2) is 0 Å². The molecule has 2 heterocycles. The van der Waals surface area contributed by atoms with Gasteiger partial charge in [-0.2, -0.15) is 5.10 Å². The fourth-order valence-electron chi connectivity index (χ4n) is 3.84. The normalized spacial score (nSPS) is 15.9. The van der Waals surface area contributed by atoms with Gasteiger partial charge in [0.2, 0.25) is 0 Å². The summed E-state index contributed by atoms with van der Waals surface area (Å²) in [6.07, 6.45) is 5.02. The maximum atomic E-state index is 13.3. The molecule has 4 rings (SSSR count). The zero-order chi connectivity index (χ0) is 19.9. The van der Waals surface area contributed by atoms with E-state index in [1.807, 2.05) is 58.2 Å². The highest BCUT2D eigenvalue weighted by Gasteiger charge is 2.21. The summed E-state index contributed by atoms with van der Waals surface area (Å²) in [5, 5.41) is 8.05. The number of carbonyl (C=O) groups excluding carboxylic acids is 1. The third kappa shape index (κ3) is 5.71. The van der Waals surface area contributed by atoms with E-state index in [0.717, 1.165) is 37.9 Å². The van der Waals surface area contributed by atoms with Crippen LogP contribution in [0.15, 0.2) is 72.9 Å². The van der Waals surface area contributed by atoms with E-state index in [4.69, 9.17) is 0 Å². The number of nitrogens with zero attached hydrogens (tertiary/aromatic N) is 3. The van der Waals surface area contributed by atoms with Crippen LogP contribution in [0.3, 0.4) is 0 Å². The zero-order valence-electron chi connectivity index (χ0n) is 17.1. The maximum Gasteiger partial charge on any atom is 0.274 e. The van der Waals surface area contributed by atoms with E-state index in [-0.39, 0.29) is 18.3 Å². The molecule has 158 valence electrons. The summed E-state index contributed by atoms with van der Waals surface area (Å²) in [5.74, 6) is -0.00713. The molecular formula is C24H29ClN4O. The molecule has 30 heavy (non-hydrogen) atoms. The Morgan fingerprint density at radius 1 is 1.03 bits per heavy atom. The van der Waals surface area contributed by atoms with Crippen LogP contribution in [0.5, 0.6) is 0 Å². The summed E-state index contributed by atoms with van der Waals surface area (Å²) in [7, 11) is 0. The molecular weight excluding hydrogens is 396 g/mol. The van der Waals surface area contributed by atoms with Crippen LogP contribution in [0.25, 0.3) is 0 Å². The van der Waals surface area contributed by atoms with Gasteiger partial charge in [0.1, 0.15) is 5.69 Å². The maximum absolute atomic E-state index is 13.3. The van der Waals surface area contributed by atoms with E-state index in [1.54, 1.807) is 0 Å². The summed E-state index contributed by atoms with van der Waals surface area (Å²) < 4.78 is 1.96. The molecule has 0 spiro atoms. The average molecular weight is 425 g/mol. The van der Waals surface area contributed by atoms with Gasteiger partial charge >= 0.3 is 0 Å². The number of halogens is 1. The fourth-order valence-corrected chi connectivity index (χ4v) is 3.84. The van der Waals surface area contributed by atoms with Crippen LogP contribution in [0, 0.1) is 0 Å². The van der Waals surface area contributed by atoms with Crippen molar-refractivity contribution in [1.82, 2.24) is 20.0 Å². The van der Waals surface area contributed by atoms with Gasteiger partial charge in [0.15, 0.2) is 0 Å². The summed E-state index contributed by atoms with van der Waals surface area (Å²) in [6.45, 7) is 3.23. The Morgan fingerprint density at radius 3 is 2.40 bits per heavy atom. The molecule has 1 aliphatic rings. The Balaban J connectivity index is 0.00000256. The monoisotopic (exact) mass is 424 g/mol. The first kappa shape index (κ1) is 22.1. The third-order valence-electron chi connectivity index (χ3n) is 5.49. The largest absolute Gasteiger partial charge is 0.333 e. The molecule has 0 saturated carbocycles. The molecule has 0 radical (unpaired) electrons. The van der Waals surface area contributed by atoms with Crippen LogP contribution in [-0.4, -0.2) is 40.2 Å². The summed E-state index contributed by atoms with van der Waals surface area (Å²) in [5.41, 5.74) is 2.89. The van der Waals surface area contributed by atoms with Crippen molar-refractivity contribution < 1.29 is 4.79 Å². The number of hydrogen-bond donors (Lipinski definition) is 1. The van der Waals surface area contributed by atoms with Crippen LogP contribution in [-0.2, 0) is 13.0 Å². The van der Waals surface area contributed by atoms with Crippen LogP contribution in [0.2, 0.25) is 0 Å². The minimum absolute atomic E-state index is 0. The van der Waals surface area contributed by atoms with Gasteiger partial charge < -0.3 is 10.2 Å². The van der Waals surface area contributed by atoms with E-state index in [9.17, 15) is 4.79 Å². The number of carbonyl (C=O) groups is 1. The molecule has 1 amide bonds. The Hall–Kier alpha value is -2.63. The van der Waals surface area contributed by atoms with E-state index < -0.39 is 0 Å². The third-order valence-corrected chi connectivity index (χ3v) is 5.49. The zero-order valence-corrected chi connectivity index (χ0v) is 17.9. The minimum Gasteiger partial charge on any atom is -0.333 e. The number of nitrogens with one attached hydrogen (secondary N) is 1. The van der Waals surface area contributed by atoms with Crippen molar-refractivity contribution in [1.29, 1.82) is 0 Å². The second kappa shape index (κ2) is 11.0. The summed E-state index contributed by atoms with van der Waals surface area (Å²) >= 11 is 0. The van der Waals surface area contributed by atoms with Gasteiger partial charge in [-0.1, -0.05) is 60.7 Å². The molecule has 0 bridgehead atoms. The van der Waals surface area contributed by atoms with Crippen molar-refractivity contribution in [3.8, 4) is 0 Å². The van der Waals surface area contributed by atoms with Crippen LogP contribution >= 0.6 is 12.4 Å². The summed E-state index contributed by atoms with van der Waals surface area (Å²) in [6, 6.07) is 22.7. The highest BCUT2D eigenvalue weighted by atomic mass is 35.5. The highest BCUT2D eigenvalue weighted by molar-refractivity contribution is 5.92. The fraction of sp³-hybridized carbons (Fsp3) is 0.333. The smallest absolute Gasteiger partial charge is 0.274 e. The quantitative estimate of drug-likeness (QED) is 0.620. The lowest BCUT2D eigenvalue weighted by Crippen LogP contribution is -2.34. The first-order chi connectivity index (χ1) is 14.3. The molecule has 6 heteroatoms. The lowest BCUT2D eigenvalue weighted by molar-refractivity contribution is 0.0737. The molecule has 1 saturated heterocycles. The number of benzene rings is 2. The van der Waals surface area contributed by atoms with E-state index in [1.165, 1.54) is 5.56 Å². The second-order valence-corrected chi connectivity index (χ2v) is 7.63. The van der Waals surface area contributed by atoms with Gasteiger partial charge in [0.25, 0.3) is 5.91 Å². The van der Waals surface area contributed by atoms with Crippen molar-refractivity contribution in [3.63, 3.8) is 0 Å². The molecule has 2 aromatic carbocycles. The molecule has 1 N–H and O–H groups in total. The lowest BCUT2D eigenvalue weighted by Gasteiger charge is -2.24. The van der Waals surface area contributed by atoms with Crippen LogP contribution in [0.4, 0.5) is 0 Å². The number of piperidine rings is 1. The van der Waals surface area contributed by atoms with E-state index in [0.29, 0.717) is 24.8 Å². The summed E-state index contributed by atoms with van der Waals surface area (Å²) in [4.78, 5) is 15.2.